The highest BCUT2D eigenvalue weighted by molar-refractivity contribution is 5.90. The fourth-order valence-corrected chi connectivity index (χ4v) is 2.56. The maximum Gasteiger partial charge on any atom is 0.340 e. The van der Waals surface area contributed by atoms with Crippen LogP contribution in [0.1, 0.15) is 48.4 Å². The van der Waals surface area contributed by atoms with E-state index in [1.54, 1.807) is 23.9 Å². The molecule has 0 saturated heterocycles. The first kappa shape index (κ1) is 18.1. The number of hydrogen-bond acceptors (Lipinski definition) is 4. The predicted octanol–water partition coefficient (Wildman–Crippen LogP) is 2.97. The number of aryl methyl sites for hydroxylation is 1. The maximum atomic E-state index is 13.9. The number of imidazole rings is 1. The Labute approximate surface area is 139 Å². The van der Waals surface area contributed by atoms with E-state index in [1.165, 1.54) is 6.07 Å². The van der Waals surface area contributed by atoms with E-state index in [4.69, 9.17) is 5.73 Å². The molecule has 1 aromatic carbocycles. The van der Waals surface area contributed by atoms with Crippen molar-refractivity contribution in [3.63, 3.8) is 0 Å². The van der Waals surface area contributed by atoms with E-state index in [1.807, 2.05) is 0 Å². The molecule has 1 aromatic heterocycles. The minimum absolute atomic E-state index is 0.248. The highest BCUT2D eigenvalue weighted by Crippen LogP contribution is 2.26. The molecule has 24 heavy (non-hydrogen) atoms. The standard InChI is InChI=1S/C17H21F2N3O2/c1-4-5-6-14-21-7-8-22(14)17(2,20)11-9-12(16(23)24-3)15(19)13(18)10-11/h7-10H,4-6,20H2,1-3H3. The minimum Gasteiger partial charge on any atom is -0.465 e. The number of methoxy groups -OCH3 is 1. The van der Waals surface area contributed by atoms with Gasteiger partial charge in [-0.25, -0.2) is 18.6 Å². The number of aromatic nitrogens is 2. The Hall–Kier alpha value is -2.28. The SMILES string of the molecule is CCCCc1nccn1C(C)(N)c1cc(F)c(F)c(C(=O)OC)c1. The molecule has 0 aliphatic carbocycles. The smallest absolute Gasteiger partial charge is 0.340 e. The zero-order valence-corrected chi connectivity index (χ0v) is 14.0. The van der Waals surface area contributed by atoms with Crippen LogP contribution in [0.3, 0.4) is 0 Å². The Morgan fingerprint density at radius 3 is 2.75 bits per heavy atom. The van der Waals surface area contributed by atoms with Crippen LogP contribution in [-0.2, 0) is 16.8 Å². The molecule has 5 nitrogen and oxygen atoms in total. The van der Waals surface area contributed by atoms with Crippen molar-refractivity contribution in [1.82, 2.24) is 9.55 Å². The Morgan fingerprint density at radius 2 is 2.12 bits per heavy atom. The largest absolute Gasteiger partial charge is 0.465 e. The molecular weight excluding hydrogens is 316 g/mol. The number of ether oxygens (including phenoxy) is 1. The lowest BCUT2D eigenvalue weighted by Crippen LogP contribution is -2.42. The zero-order valence-electron chi connectivity index (χ0n) is 14.0. The summed E-state index contributed by atoms with van der Waals surface area (Å²) in [7, 11) is 1.10. The Morgan fingerprint density at radius 1 is 1.42 bits per heavy atom. The number of halogens is 2. The number of nitrogens with zero attached hydrogens (tertiary/aromatic N) is 2. The number of nitrogens with two attached hydrogens (primary N) is 1. The van der Waals surface area contributed by atoms with Crippen LogP contribution in [0.4, 0.5) is 8.78 Å². The summed E-state index contributed by atoms with van der Waals surface area (Å²) >= 11 is 0. The number of carbonyl (C=O) groups excluding carboxylic acids is 1. The van der Waals surface area contributed by atoms with Crippen LogP contribution in [0.5, 0.6) is 0 Å². The Bertz CT molecular complexity index is 741. The molecule has 0 spiro atoms. The Balaban J connectivity index is 2.52. The second kappa shape index (κ2) is 7.09. The molecule has 130 valence electrons. The van der Waals surface area contributed by atoms with Gasteiger partial charge in [0.2, 0.25) is 0 Å². The lowest BCUT2D eigenvalue weighted by atomic mass is 9.98. The van der Waals surface area contributed by atoms with Gasteiger partial charge in [-0.2, -0.15) is 0 Å². The first-order valence-corrected chi connectivity index (χ1v) is 7.72. The molecule has 2 aromatic rings. The van der Waals surface area contributed by atoms with Gasteiger partial charge in [0.1, 0.15) is 11.5 Å². The summed E-state index contributed by atoms with van der Waals surface area (Å²) in [5.41, 5.74) is 4.95. The van der Waals surface area contributed by atoms with Gasteiger partial charge in [-0.3, -0.25) is 0 Å². The van der Waals surface area contributed by atoms with Crippen LogP contribution in [0.2, 0.25) is 0 Å². The lowest BCUT2D eigenvalue weighted by Gasteiger charge is -2.29. The zero-order chi connectivity index (χ0) is 17.9. The average molecular weight is 337 g/mol. The monoisotopic (exact) mass is 337 g/mol. The number of esters is 1. The summed E-state index contributed by atoms with van der Waals surface area (Å²) < 4.78 is 34.0. The van der Waals surface area contributed by atoms with E-state index >= 15 is 0 Å². The normalized spacial score (nSPS) is 13.6. The molecule has 0 radical (unpaired) electrons. The number of unbranched alkanes of at least 4 members (excludes halogenated alkanes) is 1. The minimum atomic E-state index is -1.25. The number of benzene rings is 1. The van der Waals surface area contributed by atoms with Crippen molar-refractivity contribution >= 4 is 5.97 Å². The van der Waals surface area contributed by atoms with Gasteiger partial charge in [0, 0.05) is 18.8 Å². The van der Waals surface area contributed by atoms with Crippen molar-refractivity contribution in [1.29, 1.82) is 0 Å². The van der Waals surface area contributed by atoms with Gasteiger partial charge in [-0.15, -0.1) is 0 Å². The topological polar surface area (TPSA) is 70.1 Å². The van der Waals surface area contributed by atoms with Crippen molar-refractivity contribution < 1.29 is 18.3 Å². The van der Waals surface area contributed by atoms with Gasteiger partial charge in [0.15, 0.2) is 11.6 Å². The van der Waals surface area contributed by atoms with Gasteiger partial charge in [-0.05, 0) is 31.0 Å². The highest BCUT2D eigenvalue weighted by Gasteiger charge is 2.29. The van der Waals surface area contributed by atoms with Crippen molar-refractivity contribution in [3.05, 3.63) is 53.1 Å². The molecule has 1 heterocycles. The third-order valence-corrected chi connectivity index (χ3v) is 3.99. The van der Waals surface area contributed by atoms with Crippen LogP contribution < -0.4 is 5.73 Å². The first-order valence-electron chi connectivity index (χ1n) is 7.72. The molecule has 0 fully saturated rings. The summed E-state index contributed by atoms with van der Waals surface area (Å²) in [4.78, 5) is 16.0. The van der Waals surface area contributed by atoms with E-state index in [-0.39, 0.29) is 5.56 Å². The second-order valence-corrected chi connectivity index (χ2v) is 5.78. The van der Waals surface area contributed by atoms with Crippen LogP contribution in [0.25, 0.3) is 0 Å². The molecule has 0 amide bonds. The number of rotatable bonds is 6. The average Bonchev–Trinajstić information content (AvgIpc) is 3.03. The maximum absolute atomic E-state index is 13.9. The van der Waals surface area contributed by atoms with Gasteiger partial charge in [0.25, 0.3) is 0 Å². The van der Waals surface area contributed by atoms with Gasteiger partial charge in [0.05, 0.1) is 12.7 Å². The van der Waals surface area contributed by atoms with Crippen molar-refractivity contribution in [2.75, 3.05) is 7.11 Å². The van der Waals surface area contributed by atoms with Crippen LogP contribution >= 0.6 is 0 Å². The summed E-state index contributed by atoms with van der Waals surface area (Å²) in [6, 6.07) is 2.21. The molecule has 7 heteroatoms. The first-order chi connectivity index (χ1) is 11.3. The molecule has 1 atom stereocenters. The molecule has 0 aliphatic heterocycles. The van der Waals surface area contributed by atoms with Gasteiger partial charge < -0.3 is 15.0 Å². The molecule has 2 rings (SSSR count). The fraction of sp³-hybridized carbons (Fsp3) is 0.412. The van der Waals surface area contributed by atoms with E-state index in [2.05, 4.69) is 16.6 Å². The molecule has 2 N–H and O–H groups in total. The molecule has 0 aliphatic rings. The van der Waals surface area contributed by atoms with Gasteiger partial charge in [-0.1, -0.05) is 13.3 Å². The Kier molecular flexibility index (Phi) is 5.33. The molecule has 1 unspecified atom stereocenters. The fourth-order valence-electron chi connectivity index (χ4n) is 2.56. The third kappa shape index (κ3) is 3.31. The van der Waals surface area contributed by atoms with Crippen LogP contribution in [-0.4, -0.2) is 22.6 Å². The highest BCUT2D eigenvalue weighted by atomic mass is 19.2. The predicted molar refractivity (Wildman–Crippen MR) is 85.5 cm³/mol. The third-order valence-electron chi connectivity index (χ3n) is 3.99. The van der Waals surface area contributed by atoms with E-state index in [9.17, 15) is 13.6 Å². The summed E-state index contributed by atoms with van der Waals surface area (Å²) in [6.45, 7) is 3.71. The number of carbonyl (C=O) groups is 1. The lowest BCUT2D eigenvalue weighted by molar-refractivity contribution is 0.0594. The quantitative estimate of drug-likeness (QED) is 0.823. The molecule has 0 saturated carbocycles. The van der Waals surface area contributed by atoms with E-state index in [0.29, 0.717) is 6.42 Å². The van der Waals surface area contributed by atoms with Crippen molar-refractivity contribution in [3.8, 4) is 0 Å². The molecular formula is C17H21F2N3O2. The number of hydrogen-bond donors (Lipinski definition) is 1. The van der Waals surface area contributed by atoms with E-state index in [0.717, 1.165) is 31.8 Å². The second-order valence-electron chi connectivity index (χ2n) is 5.78. The summed E-state index contributed by atoms with van der Waals surface area (Å²) in [6.07, 6.45) is 5.93. The van der Waals surface area contributed by atoms with Crippen molar-refractivity contribution in [2.24, 2.45) is 5.73 Å². The summed E-state index contributed by atoms with van der Waals surface area (Å²) in [5, 5.41) is 0. The van der Waals surface area contributed by atoms with Gasteiger partial charge >= 0.3 is 5.97 Å². The van der Waals surface area contributed by atoms with Crippen molar-refractivity contribution in [2.45, 2.75) is 38.8 Å². The van der Waals surface area contributed by atoms with Crippen LogP contribution in [0, 0.1) is 11.6 Å². The molecule has 0 bridgehead atoms. The summed E-state index contributed by atoms with van der Waals surface area (Å²) in [5.74, 6) is -2.62. The van der Waals surface area contributed by atoms with E-state index < -0.39 is 28.8 Å². The van der Waals surface area contributed by atoms with Crippen LogP contribution in [0.15, 0.2) is 24.5 Å².